The lowest BCUT2D eigenvalue weighted by molar-refractivity contribution is 0.116. The Labute approximate surface area is 92.6 Å². The van der Waals surface area contributed by atoms with Gasteiger partial charge >= 0.3 is 0 Å². The summed E-state index contributed by atoms with van der Waals surface area (Å²) in [6.45, 7) is 4.23. The fourth-order valence-electron chi connectivity index (χ4n) is 2.47. The molecule has 0 aromatic carbocycles. The van der Waals surface area contributed by atoms with E-state index < -0.39 is 0 Å². The number of nitrogens with two attached hydrogens (primary N) is 1. The molecule has 1 saturated carbocycles. The summed E-state index contributed by atoms with van der Waals surface area (Å²) < 4.78 is 0. The van der Waals surface area contributed by atoms with Crippen molar-refractivity contribution in [2.24, 2.45) is 11.7 Å². The maximum atomic E-state index is 9.80. The van der Waals surface area contributed by atoms with Crippen LogP contribution in [0.25, 0.3) is 0 Å². The number of hydrogen-bond donors (Lipinski definition) is 2. The van der Waals surface area contributed by atoms with Crippen molar-refractivity contribution in [2.45, 2.75) is 44.1 Å². The smallest absolute Gasteiger partial charge is 0.0662 e. The van der Waals surface area contributed by atoms with Crippen molar-refractivity contribution >= 4 is 0 Å². The van der Waals surface area contributed by atoms with Crippen LogP contribution in [-0.2, 0) is 0 Å². The van der Waals surface area contributed by atoms with Crippen LogP contribution in [0.3, 0.4) is 0 Å². The minimum Gasteiger partial charge on any atom is -0.390 e. The molecule has 2 fully saturated rings. The van der Waals surface area contributed by atoms with Gasteiger partial charge in [-0.25, -0.2) is 0 Å². The molecule has 2 aliphatic rings. The summed E-state index contributed by atoms with van der Waals surface area (Å²) in [6, 6.07) is 0. The monoisotopic (exact) mass is 212 g/mol. The van der Waals surface area contributed by atoms with Gasteiger partial charge in [-0.15, -0.1) is 0 Å². The Morgan fingerprint density at radius 2 is 2.13 bits per heavy atom. The highest BCUT2D eigenvalue weighted by molar-refractivity contribution is 4.93. The van der Waals surface area contributed by atoms with Crippen molar-refractivity contribution in [3.8, 4) is 0 Å². The van der Waals surface area contributed by atoms with Crippen molar-refractivity contribution < 1.29 is 5.11 Å². The van der Waals surface area contributed by atoms with Crippen molar-refractivity contribution in [3.05, 3.63) is 0 Å². The maximum absolute atomic E-state index is 9.80. The zero-order valence-corrected chi connectivity index (χ0v) is 9.62. The minimum atomic E-state index is -0.287. The maximum Gasteiger partial charge on any atom is 0.0662 e. The first kappa shape index (κ1) is 11.4. The standard InChI is InChI=1S/C12H24N2O/c13-9-11-3-1-2-7-14(10-11)8-6-12(15)4-5-12/h11,15H,1-10,13H2. The average molecular weight is 212 g/mol. The van der Waals surface area contributed by atoms with Crippen LogP contribution in [0.2, 0.25) is 0 Å². The summed E-state index contributed by atoms with van der Waals surface area (Å²) in [7, 11) is 0. The van der Waals surface area contributed by atoms with Gasteiger partial charge in [-0.1, -0.05) is 6.42 Å². The Morgan fingerprint density at radius 3 is 2.80 bits per heavy atom. The Balaban J connectivity index is 1.74. The van der Waals surface area contributed by atoms with E-state index in [0.29, 0.717) is 5.92 Å². The molecule has 1 aliphatic heterocycles. The molecule has 3 N–H and O–H groups in total. The number of aliphatic hydroxyl groups is 1. The fraction of sp³-hybridized carbons (Fsp3) is 1.00. The number of hydrogen-bond acceptors (Lipinski definition) is 3. The van der Waals surface area contributed by atoms with Crippen molar-refractivity contribution in [2.75, 3.05) is 26.2 Å². The van der Waals surface area contributed by atoms with Crippen LogP contribution in [0.1, 0.15) is 38.5 Å². The van der Waals surface area contributed by atoms with Gasteiger partial charge in [-0.2, -0.15) is 0 Å². The Morgan fingerprint density at radius 1 is 1.33 bits per heavy atom. The molecule has 88 valence electrons. The van der Waals surface area contributed by atoms with Crippen LogP contribution in [0.5, 0.6) is 0 Å². The van der Waals surface area contributed by atoms with Gasteiger partial charge in [0.15, 0.2) is 0 Å². The first-order chi connectivity index (χ1) is 7.22. The van der Waals surface area contributed by atoms with E-state index in [4.69, 9.17) is 5.73 Å². The summed E-state index contributed by atoms with van der Waals surface area (Å²) in [6.07, 6.45) is 6.90. The lowest BCUT2D eigenvalue weighted by Crippen LogP contribution is -2.34. The summed E-state index contributed by atoms with van der Waals surface area (Å²) >= 11 is 0. The third-order valence-corrected chi connectivity index (χ3v) is 3.91. The summed E-state index contributed by atoms with van der Waals surface area (Å²) in [5, 5.41) is 9.80. The minimum absolute atomic E-state index is 0.287. The van der Waals surface area contributed by atoms with Crippen LogP contribution in [0.4, 0.5) is 0 Å². The fourth-order valence-corrected chi connectivity index (χ4v) is 2.47. The Hall–Kier alpha value is -0.120. The predicted molar refractivity (Wildman–Crippen MR) is 61.6 cm³/mol. The molecule has 3 nitrogen and oxygen atoms in total. The quantitative estimate of drug-likeness (QED) is 0.730. The third-order valence-electron chi connectivity index (χ3n) is 3.91. The normalized spacial score (nSPS) is 31.2. The highest BCUT2D eigenvalue weighted by atomic mass is 16.3. The number of nitrogens with zero attached hydrogens (tertiary/aromatic N) is 1. The largest absolute Gasteiger partial charge is 0.390 e. The van der Waals surface area contributed by atoms with E-state index in [9.17, 15) is 5.11 Å². The molecule has 0 aromatic heterocycles. The second-order valence-electron chi connectivity index (χ2n) is 5.37. The van der Waals surface area contributed by atoms with Crippen LogP contribution in [0.15, 0.2) is 0 Å². The van der Waals surface area contributed by atoms with Gasteiger partial charge in [0.25, 0.3) is 0 Å². The molecule has 0 bridgehead atoms. The topological polar surface area (TPSA) is 49.5 Å². The van der Waals surface area contributed by atoms with E-state index >= 15 is 0 Å². The predicted octanol–water partition coefficient (Wildman–Crippen LogP) is 0.962. The van der Waals surface area contributed by atoms with E-state index in [2.05, 4.69) is 4.90 Å². The van der Waals surface area contributed by atoms with E-state index in [0.717, 1.165) is 38.9 Å². The lowest BCUT2D eigenvalue weighted by Gasteiger charge is -2.24. The summed E-state index contributed by atoms with van der Waals surface area (Å²) in [5.41, 5.74) is 5.47. The SMILES string of the molecule is NCC1CCCCN(CCC2(O)CC2)C1. The molecule has 1 atom stereocenters. The second-order valence-corrected chi connectivity index (χ2v) is 5.37. The van der Waals surface area contributed by atoms with E-state index in [-0.39, 0.29) is 5.60 Å². The molecule has 0 spiro atoms. The van der Waals surface area contributed by atoms with Crippen LogP contribution in [-0.4, -0.2) is 41.8 Å². The zero-order valence-electron chi connectivity index (χ0n) is 9.62. The molecule has 2 rings (SSSR count). The molecule has 1 heterocycles. The van der Waals surface area contributed by atoms with E-state index in [1.54, 1.807) is 0 Å². The number of rotatable bonds is 4. The van der Waals surface area contributed by atoms with Gasteiger partial charge < -0.3 is 15.7 Å². The molecule has 1 unspecified atom stereocenters. The Kier molecular flexibility index (Phi) is 3.65. The molecule has 3 heteroatoms. The summed E-state index contributed by atoms with van der Waals surface area (Å²) in [5.74, 6) is 0.682. The van der Waals surface area contributed by atoms with E-state index in [1.807, 2.05) is 0 Å². The highest BCUT2D eigenvalue weighted by Crippen LogP contribution is 2.38. The molecule has 0 amide bonds. The molecule has 0 aromatic rings. The van der Waals surface area contributed by atoms with Gasteiger partial charge in [-0.05, 0) is 51.1 Å². The highest BCUT2D eigenvalue weighted by Gasteiger charge is 2.39. The van der Waals surface area contributed by atoms with Gasteiger partial charge in [0.05, 0.1) is 5.60 Å². The number of likely N-dealkylation sites (tertiary alicyclic amines) is 1. The van der Waals surface area contributed by atoms with Crippen molar-refractivity contribution in [3.63, 3.8) is 0 Å². The molecule has 0 radical (unpaired) electrons. The molecule has 1 aliphatic carbocycles. The molecule has 15 heavy (non-hydrogen) atoms. The first-order valence-corrected chi connectivity index (χ1v) is 6.37. The second kappa shape index (κ2) is 4.81. The third kappa shape index (κ3) is 3.44. The molecular weight excluding hydrogens is 188 g/mol. The van der Waals surface area contributed by atoms with Crippen molar-refractivity contribution in [1.29, 1.82) is 0 Å². The zero-order chi connectivity index (χ0) is 10.7. The van der Waals surface area contributed by atoms with Crippen LogP contribution < -0.4 is 5.73 Å². The van der Waals surface area contributed by atoms with E-state index in [1.165, 1.54) is 25.8 Å². The van der Waals surface area contributed by atoms with Gasteiger partial charge in [0.2, 0.25) is 0 Å². The van der Waals surface area contributed by atoms with Gasteiger partial charge in [0.1, 0.15) is 0 Å². The van der Waals surface area contributed by atoms with Crippen LogP contribution >= 0.6 is 0 Å². The molecular formula is C12H24N2O. The van der Waals surface area contributed by atoms with Gasteiger partial charge in [0, 0.05) is 13.1 Å². The molecule has 1 saturated heterocycles. The van der Waals surface area contributed by atoms with Crippen LogP contribution in [0, 0.1) is 5.92 Å². The average Bonchev–Trinajstić information content (AvgIpc) is 2.99. The Bertz CT molecular complexity index is 204. The first-order valence-electron chi connectivity index (χ1n) is 6.37. The lowest BCUT2D eigenvalue weighted by atomic mass is 10.0. The van der Waals surface area contributed by atoms with Gasteiger partial charge in [-0.3, -0.25) is 0 Å². The summed E-state index contributed by atoms with van der Waals surface area (Å²) in [4.78, 5) is 2.50. The van der Waals surface area contributed by atoms with Crippen molar-refractivity contribution in [1.82, 2.24) is 4.90 Å².